The molecule has 0 aliphatic heterocycles. The number of aliphatic hydroxyl groups excluding tert-OH is 1. The van der Waals surface area contributed by atoms with E-state index in [0.29, 0.717) is 13.1 Å². The van der Waals surface area contributed by atoms with E-state index in [-0.39, 0.29) is 18.1 Å². The Bertz CT molecular complexity index is 729. The van der Waals surface area contributed by atoms with Gasteiger partial charge in [-0.05, 0) is 35.6 Å². The quantitative estimate of drug-likeness (QED) is 0.752. The van der Waals surface area contributed by atoms with Crippen molar-refractivity contribution in [2.24, 2.45) is 0 Å². The number of nitrogens with one attached hydrogen (secondary N) is 2. The molecule has 3 rings (SSSR count). The van der Waals surface area contributed by atoms with Crippen LogP contribution in [0.1, 0.15) is 29.5 Å². The number of hydrogen-bond donors (Lipinski definition) is 3. The zero-order valence-corrected chi connectivity index (χ0v) is 14.1. The molecule has 3 N–H and O–H groups in total. The monoisotopic (exact) mass is 344 g/mol. The van der Waals surface area contributed by atoms with E-state index in [1.54, 1.807) is 0 Å². The van der Waals surface area contributed by atoms with Gasteiger partial charge < -0.3 is 15.7 Å². The van der Waals surface area contributed by atoms with Crippen LogP contribution in [0.15, 0.2) is 48.5 Å². The summed E-state index contributed by atoms with van der Waals surface area (Å²) < 4.78 is 0. The number of halogens is 1. The highest BCUT2D eigenvalue weighted by Gasteiger charge is 2.45. The summed E-state index contributed by atoms with van der Waals surface area (Å²) in [6.45, 7) is 0.932. The fraction of sp³-hybridized carbons (Fsp3) is 0.316. The number of hydrogen-bond acceptors (Lipinski definition) is 2. The molecule has 0 atom stereocenters. The summed E-state index contributed by atoms with van der Waals surface area (Å²) in [7, 11) is 0. The highest BCUT2D eigenvalue weighted by molar-refractivity contribution is 6.31. The molecule has 24 heavy (non-hydrogen) atoms. The molecular weight excluding hydrogens is 324 g/mol. The van der Waals surface area contributed by atoms with E-state index in [1.807, 2.05) is 48.5 Å². The van der Waals surface area contributed by atoms with Gasteiger partial charge in [-0.2, -0.15) is 0 Å². The smallest absolute Gasteiger partial charge is 0.315 e. The number of carbonyl (C=O) groups excluding carboxylic acids is 1. The molecule has 0 spiro atoms. The van der Waals surface area contributed by atoms with Crippen LogP contribution in [0.2, 0.25) is 5.02 Å². The second-order valence-corrected chi connectivity index (χ2v) is 6.63. The Morgan fingerprint density at radius 3 is 2.38 bits per heavy atom. The zero-order valence-electron chi connectivity index (χ0n) is 13.4. The molecular formula is C19H21ClN2O2. The van der Waals surface area contributed by atoms with Gasteiger partial charge in [0.05, 0.1) is 6.61 Å². The molecule has 1 aliphatic carbocycles. The third-order valence-electron chi connectivity index (χ3n) is 4.61. The third kappa shape index (κ3) is 3.71. The van der Waals surface area contributed by atoms with Crippen LogP contribution in [0.25, 0.3) is 0 Å². The van der Waals surface area contributed by atoms with Gasteiger partial charge in [-0.15, -0.1) is 0 Å². The van der Waals surface area contributed by atoms with Gasteiger partial charge in [0.25, 0.3) is 0 Å². The van der Waals surface area contributed by atoms with Gasteiger partial charge in [0.1, 0.15) is 0 Å². The predicted octanol–water partition coefficient (Wildman–Crippen LogP) is 3.36. The topological polar surface area (TPSA) is 61.4 Å². The number of carbonyl (C=O) groups is 1. The van der Waals surface area contributed by atoms with Crippen molar-refractivity contribution in [3.05, 3.63) is 70.2 Å². The summed E-state index contributed by atoms with van der Waals surface area (Å²) in [5, 5.41) is 15.9. The van der Waals surface area contributed by atoms with Gasteiger partial charge in [-0.3, -0.25) is 0 Å². The highest BCUT2D eigenvalue weighted by atomic mass is 35.5. The van der Waals surface area contributed by atoms with E-state index in [2.05, 4.69) is 10.6 Å². The third-order valence-corrected chi connectivity index (χ3v) is 4.94. The van der Waals surface area contributed by atoms with Crippen molar-refractivity contribution in [3.8, 4) is 0 Å². The van der Waals surface area contributed by atoms with Crippen LogP contribution in [-0.2, 0) is 18.6 Å². The first-order valence-electron chi connectivity index (χ1n) is 8.09. The SMILES string of the molecule is O=C(NCc1ccccc1CO)NCC1(c2ccccc2Cl)CC1. The van der Waals surface area contributed by atoms with Crippen LogP contribution in [0, 0.1) is 0 Å². The zero-order chi connectivity index (χ0) is 17.0. The molecule has 0 saturated heterocycles. The van der Waals surface area contributed by atoms with Gasteiger partial charge in [0.2, 0.25) is 0 Å². The van der Waals surface area contributed by atoms with E-state index < -0.39 is 0 Å². The normalized spacial score (nSPS) is 14.9. The van der Waals surface area contributed by atoms with Crippen molar-refractivity contribution >= 4 is 17.6 Å². The lowest BCUT2D eigenvalue weighted by Gasteiger charge is -2.18. The molecule has 2 aromatic carbocycles. The highest BCUT2D eigenvalue weighted by Crippen LogP contribution is 2.49. The van der Waals surface area contributed by atoms with Gasteiger partial charge in [0.15, 0.2) is 0 Å². The first kappa shape index (κ1) is 16.8. The van der Waals surface area contributed by atoms with Crippen molar-refractivity contribution < 1.29 is 9.90 Å². The number of aliphatic hydroxyl groups is 1. The summed E-state index contributed by atoms with van der Waals surface area (Å²) >= 11 is 6.29. The Labute approximate surface area is 146 Å². The fourth-order valence-corrected chi connectivity index (χ4v) is 3.29. The standard InChI is InChI=1S/C19H21ClN2O2/c20-17-8-4-3-7-16(17)19(9-10-19)13-22-18(24)21-11-14-5-1-2-6-15(14)12-23/h1-8,23H,9-13H2,(H2,21,22,24). The molecule has 0 aromatic heterocycles. The van der Waals surface area contributed by atoms with E-state index in [0.717, 1.165) is 34.6 Å². The Kier molecular flexibility index (Phi) is 5.07. The first-order chi connectivity index (χ1) is 11.6. The van der Waals surface area contributed by atoms with Crippen LogP contribution in [-0.4, -0.2) is 17.7 Å². The van der Waals surface area contributed by atoms with Crippen LogP contribution in [0.5, 0.6) is 0 Å². The molecule has 0 unspecified atom stereocenters. The number of urea groups is 1. The van der Waals surface area contributed by atoms with Crippen LogP contribution in [0.3, 0.4) is 0 Å². The van der Waals surface area contributed by atoms with Crippen molar-refractivity contribution in [3.63, 3.8) is 0 Å². The van der Waals surface area contributed by atoms with E-state index in [1.165, 1.54) is 0 Å². The number of amides is 2. The molecule has 1 fully saturated rings. The van der Waals surface area contributed by atoms with Gasteiger partial charge >= 0.3 is 6.03 Å². The lowest BCUT2D eigenvalue weighted by molar-refractivity contribution is 0.239. The summed E-state index contributed by atoms with van der Waals surface area (Å²) in [6.07, 6.45) is 2.06. The van der Waals surface area contributed by atoms with Gasteiger partial charge in [-0.25, -0.2) is 4.79 Å². The molecule has 1 aliphatic rings. The Morgan fingerprint density at radius 1 is 1.04 bits per heavy atom. The minimum atomic E-state index is -0.207. The van der Waals surface area contributed by atoms with E-state index in [9.17, 15) is 9.90 Å². The Morgan fingerprint density at radius 2 is 1.71 bits per heavy atom. The number of benzene rings is 2. The first-order valence-corrected chi connectivity index (χ1v) is 8.47. The molecule has 5 heteroatoms. The average Bonchev–Trinajstić information content (AvgIpc) is 3.40. The van der Waals surface area contributed by atoms with Crippen molar-refractivity contribution in [1.82, 2.24) is 10.6 Å². The molecule has 1 saturated carbocycles. The maximum atomic E-state index is 12.1. The maximum absolute atomic E-state index is 12.1. The van der Waals surface area contributed by atoms with Gasteiger partial charge in [0, 0.05) is 23.5 Å². The van der Waals surface area contributed by atoms with Gasteiger partial charge in [-0.1, -0.05) is 54.1 Å². The van der Waals surface area contributed by atoms with Crippen LogP contribution >= 0.6 is 11.6 Å². The lowest BCUT2D eigenvalue weighted by atomic mass is 9.96. The minimum Gasteiger partial charge on any atom is -0.392 e. The summed E-state index contributed by atoms with van der Waals surface area (Å²) in [5.41, 5.74) is 2.83. The summed E-state index contributed by atoms with van der Waals surface area (Å²) in [4.78, 5) is 12.1. The molecule has 0 bridgehead atoms. The second kappa shape index (κ2) is 7.24. The largest absolute Gasteiger partial charge is 0.392 e. The molecule has 0 radical (unpaired) electrons. The molecule has 126 valence electrons. The Hall–Kier alpha value is -2.04. The van der Waals surface area contributed by atoms with Crippen LogP contribution in [0.4, 0.5) is 4.79 Å². The molecule has 4 nitrogen and oxygen atoms in total. The van der Waals surface area contributed by atoms with Crippen molar-refractivity contribution in [2.45, 2.75) is 31.4 Å². The molecule has 2 aromatic rings. The van der Waals surface area contributed by atoms with Crippen molar-refractivity contribution in [2.75, 3.05) is 6.54 Å². The van der Waals surface area contributed by atoms with Crippen molar-refractivity contribution in [1.29, 1.82) is 0 Å². The van der Waals surface area contributed by atoms with Crippen LogP contribution < -0.4 is 10.6 Å². The van der Waals surface area contributed by atoms with E-state index >= 15 is 0 Å². The maximum Gasteiger partial charge on any atom is 0.315 e. The average molecular weight is 345 g/mol. The fourth-order valence-electron chi connectivity index (χ4n) is 2.96. The molecule has 2 amide bonds. The van der Waals surface area contributed by atoms with E-state index in [4.69, 9.17) is 11.6 Å². The Balaban J connectivity index is 1.54. The number of rotatable bonds is 6. The summed E-state index contributed by atoms with van der Waals surface area (Å²) in [5.74, 6) is 0. The summed E-state index contributed by atoms with van der Waals surface area (Å²) in [6, 6.07) is 15.1. The lowest BCUT2D eigenvalue weighted by Crippen LogP contribution is -2.39. The molecule has 0 heterocycles. The second-order valence-electron chi connectivity index (χ2n) is 6.22. The predicted molar refractivity (Wildman–Crippen MR) is 95.0 cm³/mol. The minimum absolute atomic E-state index is 0.0291.